The summed E-state index contributed by atoms with van der Waals surface area (Å²) in [6.07, 6.45) is 3.35. The Morgan fingerprint density at radius 1 is 1.03 bits per heavy atom. The van der Waals surface area contributed by atoms with Crippen molar-refractivity contribution < 1.29 is 24.2 Å². The van der Waals surface area contributed by atoms with Crippen LogP contribution in [0.5, 0.6) is 11.5 Å². The van der Waals surface area contributed by atoms with Gasteiger partial charge in [-0.3, -0.25) is 9.59 Å². The van der Waals surface area contributed by atoms with Gasteiger partial charge in [-0.15, -0.1) is 0 Å². The molecule has 1 N–H and O–H groups in total. The van der Waals surface area contributed by atoms with Crippen LogP contribution >= 0.6 is 11.8 Å². The molecule has 0 saturated carbocycles. The largest absolute Gasteiger partial charge is 0.494 e. The minimum Gasteiger partial charge on any atom is -0.494 e. The molecule has 6 heteroatoms. The lowest BCUT2D eigenvalue weighted by Gasteiger charge is -2.15. The Morgan fingerprint density at radius 3 is 2.53 bits per heavy atom. The zero-order chi connectivity index (χ0) is 25.7. The zero-order valence-electron chi connectivity index (χ0n) is 21.0. The van der Waals surface area contributed by atoms with Crippen LogP contribution in [0.3, 0.4) is 0 Å². The molecule has 0 heterocycles. The second-order valence-electron chi connectivity index (χ2n) is 9.29. The van der Waals surface area contributed by atoms with Crippen molar-refractivity contribution in [3.8, 4) is 22.6 Å². The summed E-state index contributed by atoms with van der Waals surface area (Å²) in [6, 6.07) is 17.9. The number of thioether (sulfide) groups is 1. The standard InChI is InChI=1S/C30H32O5S/c1-19-12-25(34-10-5-11-36-3)13-20(2)30(19)22-7-4-6-21(14-22)18-35-24-8-9-26-23(16-29(32)33)15-28(31)27(26)17-24/h4,6-9,12-14,17,23H,5,10-11,15-16,18H2,1-3H3,(H,32,33). The molecule has 1 aliphatic carbocycles. The molecule has 4 rings (SSSR count). The van der Waals surface area contributed by atoms with Crippen molar-refractivity contribution >= 4 is 23.5 Å². The highest BCUT2D eigenvalue weighted by Gasteiger charge is 2.31. The quantitative estimate of drug-likeness (QED) is 0.289. The SMILES string of the molecule is CSCCCOc1cc(C)c(-c2cccc(COc3ccc4c(c3)C(=O)CC4CC(=O)O)c2)c(C)c1. The number of carbonyl (C=O) groups excluding carboxylic acids is 1. The third-order valence-corrected chi connectivity index (χ3v) is 7.20. The van der Waals surface area contributed by atoms with Gasteiger partial charge >= 0.3 is 5.97 Å². The van der Waals surface area contributed by atoms with Crippen molar-refractivity contribution in [1.29, 1.82) is 0 Å². The molecule has 0 radical (unpaired) electrons. The molecule has 0 bridgehead atoms. The van der Waals surface area contributed by atoms with Crippen molar-refractivity contribution in [2.75, 3.05) is 18.6 Å². The maximum atomic E-state index is 12.4. The average molecular weight is 505 g/mol. The average Bonchev–Trinajstić information content (AvgIpc) is 3.14. The number of carboxylic acids is 1. The van der Waals surface area contributed by atoms with E-state index in [1.54, 1.807) is 6.07 Å². The first-order chi connectivity index (χ1) is 17.4. The normalized spacial score (nSPS) is 14.5. The van der Waals surface area contributed by atoms with Crippen LogP contribution in [0, 0.1) is 13.8 Å². The summed E-state index contributed by atoms with van der Waals surface area (Å²) in [5, 5.41) is 9.11. The van der Waals surface area contributed by atoms with Crippen LogP contribution in [-0.2, 0) is 11.4 Å². The molecule has 3 aromatic rings. The Bertz CT molecular complexity index is 1240. The molecule has 188 valence electrons. The number of rotatable bonds is 11. The molecule has 1 unspecified atom stereocenters. The summed E-state index contributed by atoms with van der Waals surface area (Å²) < 4.78 is 12.0. The molecule has 5 nitrogen and oxygen atoms in total. The molecule has 0 aromatic heterocycles. The topological polar surface area (TPSA) is 72.8 Å². The first-order valence-electron chi connectivity index (χ1n) is 12.2. The summed E-state index contributed by atoms with van der Waals surface area (Å²) in [4.78, 5) is 23.5. The summed E-state index contributed by atoms with van der Waals surface area (Å²) in [5.41, 5.74) is 7.07. The van der Waals surface area contributed by atoms with Gasteiger partial charge in [-0.2, -0.15) is 11.8 Å². The smallest absolute Gasteiger partial charge is 0.303 e. The Hall–Kier alpha value is -3.25. The van der Waals surface area contributed by atoms with E-state index in [1.165, 1.54) is 16.7 Å². The van der Waals surface area contributed by atoms with E-state index in [0.29, 0.717) is 17.9 Å². The van der Waals surface area contributed by atoms with Crippen LogP contribution in [0.2, 0.25) is 0 Å². The first-order valence-corrected chi connectivity index (χ1v) is 13.6. The number of aliphatic carboxylic acids is 1. The van der Waals surface area contributed by atoms with E-state index in [0.717, 1.165) is 41.2 Å². The highest BCUT2D eigenvalue weighted by molar-refractivity contribution is 7.98. The second-order valence-corrected chi connectivity index (χ2v) is 10.3. The Morgan fingerprint density at radius 2 is 1.81 bits per heavy atom. The number of carboxylic acid groups (broad SMARTS) is 1. The minimum atomic E-state index is -0.889. The molecule has 0 fully saturated rings. The fourth-order valence-electron chi connectivity index (χ4n) is 4.90. The highest BCUT2D eigenvalue weighted by Crippen LogP contribution is 2.37. The lowest BCUT2D eigenvalue weighted by Crippen LogP contribution is -2.03. The maximum absolute atomic E-state index is 12.4. The molecular formula is C30H32O5S. The number of hydrogen-bond donors (Lipinski definition) is 1. The van der Waals surface area contributed by atoms with Crippen LogP contribution in [0.25, 0.3) is 11.1 Å². The molecule has 0 spiro atoms. The van der Waals surface area contributed by atoms with E-state index in [4.69, 9.17) is 14.6 Å². The van der Waals surface area contributed by atoms with Crippen LogP contribution in [0.4, 0.5) is 0 Å². The van der Waals surface area contributed by atoms with Gasteiger partial charge in [0, 0.05) is 17.9 Å². The van der Waals surface area contributed by atoms with Crippen molar-refractivity contribution in [1.82, 2.24) is 0 Å². The van der Waals surface area contributed by atoms with Gasteiger partial charge in [0.2, 0.25) is 0 Å². The predicted octanol–water partition coefficient (Wildman–Crippen LogP) is 6.83. The van der Waals surface area contributed by atoms with Crippen molar-refractivity contribution in [3.63, 3.8) is 0 Å². The van der Waals surface area contributed by atoms with Crippen molar-refractivity contribution in [2.45, 2.75) is 45.6 Å². The molecule has 0 aliphatic heterocycles. The Balaban J connectivity index is 1.46. The number of carbonyl (C=O) groups is 2. The number of aryl methyl sites for hydroxylation is 2. The fraction of sp³-hybridized carbons (Fsp3) is 0.333. The molecule has 36 heavy (non-hydrogen) atoms. The number of Topliss-reactive ketones (excluding diaryl/α,β-unsaturated/α-hetero) is 1. The van der Waals surface area contributed by atoms with Gasteiger partial charge < -0.3 is 14.6 Å². The van der Waals surface area contributed by atoms with Crippen LogP contribution in [0.1, 0.15) is 57.8 Å². The van der Waals surface area contributed by atoms with E-state index >= 15 is 0 Å². The third kappa shape index (κ3) is 6.11. The number of hydrogen-bond acceptors (Lipinski definition) is 5. The van der Waals surface area contributed by atoms with E-state index in [9.17, 15) is 9.59 Å². The van der Waals surface area contributed by atoms with Gasteiger partial charge in [0.05, 0.1) is 13.0 Å². The van der Waals surface area contributed by atoms with Crippen molar-refractivity contribution in [2.24, 2.45) is 0 Å². The number of ketones is 1. The Kier molecular flexibility index (Phi) is 8.36. The van der Waals surface area contributed by atoms with E-state index in [2.05, 4.69) is 44.4 Å². The van der Waals surface area contributed by atoms with Gasteiger partial charge in [0.1, 0.15) is 18.1 Å². The van der Waals surface area contributed by atoms with E-state index in [-0.39, 0.29) is 24.5 Å². The van der Waals surface area contributed by atoms with Gasteiger partial charge in [-0.1, -0.05) is 24.3 Å². The third-order valence-electron chi connectivity index (χ3n) is 6.51. The number of ether oxygens (including phenoxy) is 2. The molecule has 0 amide bonds. The zero-order valence-corrected chi connectivity index (χ0v) is 21.8. The van der Waals surface area contributed by atoms with Crippen LogP contribution < -0.4 is 9.47 Å². The Labute approximate surface area is 216 Å². The number of fused-ring (bicyclic) bond motifs is 1. The van der Waals surface area contributed by atoms with Gasteiger partial charge in [0.15, 0.2) is 5.78 Å². The minimum absolute atomic E-state index is 0.0219. The van der Waals surface area contributed by atoms with Gasteiger partial charge in [0.25, 0.3) is 0 Å². The van der Waals surface area contributed by atoms with Crippen LogP contribution in [-0.4, -0.2) is 35.5 Å². The molecule has 0 saturated heterocycles. The molecule has 1 atom stereocenters. The summed E-state index contributed by atoms with van der Waals surface area (Å²) >= 11 is 1.83. The van der Waals surface area contributed by atoms with Gasteiger partial charge in [-0.05, 0) is 96.0 Å². The lowest BCUT2D eigenvalue weighted by atomic mass is 9.94. The lowest BCUT2D eigenvalue weighted by molar-refractivity contribution is -0.137. The van der Waals surface area contributed by atoms with Crippen LogP contribution in [0.15, 0.2) is 54.6 Å². The summed E-state index contributed by atoms with van der Waals surface area (Å²) in [5.74, 6) is 1.45. The van der Waals surface area contributed by atoms with Crippen molar-refractivity contribution in [3.05, 3.63) is 82.4 Å². The van der Waals surface area contributed by atoms with E-state index in [1.807, 2.05) is 36.0 Å². The highest BCUT2D eigenvalue weighted by atomic mass is 32.2. The predicted molar refractivity (Wildman–Crippen MR) is 145 cm³/mol. The first kappa shape index (κ1) is 25.8. The second kappa shape index (κ2) is 11.7. The van der Waals surface area contributed by atoms with E-state index < -0.39 is 5.97 Å². The monoisotopic (exact) mass is 504 g/mol. The number of benzene rings is 3. The van der Waals surface area contributed by atoms with Gasteiger partial charge in [-0.25, -0.2) is 0 Å². The molecule has 1 aliphatic rings. The summed E-state index contributed by atoms with van der Waals surface area (Å²) in [7, 11) is 0. The fourth-order valence-corrected chi connectivity index (χ4v) is 5.30. The summed E-state index contributed by atoms with van der Waals surface area (Å²) in [6.45, 7) is 5.31. The molecule has 3 aromatic carbocycles. The molecular weight excluding hydrogens is 472 g/mol. The maximum Gasteiger partial charge on any atom is 0.303 e.